The average molecular weight is 184 g/mol. The lowest BCUT2D eigenvalue weighted by Gasteiger charge is -2.05. The maximum Gasteiger partial charge on any atom is 0.337 e. The molecule has 5 heteroatoms. The number of aliphatic hydroxyl groups is 1. The van der Waals surface area contributed by atoms with Gasteiger partial charge >= 0.3 is 5.97 Å². The highest BCUT2D eigenvalue weighted by molar-refractivity contribution is 5.74. The maximum absolute atomic E-state index is 10.5. The Kier molecular flexibility index (Phi) is 2.38. The lowest BCUT2D eigenvalue weighted by atomic mass is 10.1. The van der Waals surface area contributed by atoms with E-state index in [0.717, 1.165) is 0 Å². The number of carboxylic acids is 1. The number of rotatable bonds is 2. The Morgan fingerprint density at radius 2 is 2.08 bits per heavy atom. The van der Waals surface area contributed by atoms with Gasteiger partial charge in [-0.2, -0.15) is 5.10 Å². The topological polar surface area (TPSA) is 75.3 Å². The molecule has 1 rings (SSSR count). The summed E-state index contributed by atoms with van der Waals surface area (Å²) in [5.41, 5.74) is 1.61. The highest BCUT2D eigenvalue weighted by atomic mass is 16.4. The smallest absolute Gasteiger partial charge is 0.337 e. The van der Waals surface area contributed by atoms with Gasteiger partial charge in [-0.05, 0) is 13.8 Å². The first-order valence-electron chi connectivity index (χ1n) is 3.86. The van der Waals surface area contributed by atoms with Crippen molar-refractivity contribution in [3.63, 3.8) is 0 Å². The minimum absolute atomic E-state index is 0.384. The van der Waals surface area contributed by atoms with E-state index in [9.17, 15) is 9.90 Å². The second-order valence-electron chi connectivity index (χ2n) is 2.95. The molecule has 5 nitrogen and oxygen atoms in total. The predicted octanol–water partition coefficient (Wildman–Crippen LogP) is 0.155. The fraction of sp³-hybridized carbons (Fsp3) is 0.500. The van der Waals surface area contributed by atoms with E-state index in [1.165, 1.54) is 0 Å². The number of hydrogen-bond acceptors (Lipinski definition) is 3. The summed E-state index contributed by atoms with van der Waals surface area (Å²) < 4.78 is 1.55. The second kappa shape index (κ2) is 3.18. The van der Waals surface area contributed by atoms with Crippen LogP contribution in [-0.4, -0.2) is 26.0 Å². The Balaban J connectivity index is 3.20. The van der Waals surface area contributed by atoms with Gasteiger partial charge in [0.1, 0.15) is 0 Å². The van der Waals surface area contributed by atoms with Crippen molar-refractivity contribution in [3.05, 3.63) is 17.0 Å². The van der Waals surface area contributed by atoms with Crippen molar-refractivity contribution in [1.29, 1.82) is 0 Å². The Hall–Kier alpha value is -1.36. The van der Waals surface area contributed by atoms with Gasteiger partial charge < -0.3 is 10.2 Å². The first-order chi connectivity index (χ1) is 5.95. The zero-order valence-corrected chi connectivity index (χ0v) is 7.77. The standard InChI is InChI=1S/C8H12N2O3/c1-4-6(7(11)8(12)13)5(2)10(3)9-4/h7,11H,1-3H3,(H,12,13). The molecule has 0 aromatic carbocycles. The molecule has 0 radical (unpaired) electrons. The number of nitrogens with zero attached hydrogens (tertiary/aromatic N) is 2. The molecule has 0 spiro atoms. The summed E-state index contributed by atoms with van der Waals surface area (Å²) in [6, 6.07) is 0. The first kappa shape index (κ1) is 9.73. The minimum Gasteiger partial charge on any atom is -0.479 e. The molecule has 1 atom stereocenters. The SMILES string of the molecule is Cc1nn(C)c(C)c1C(O)C(=O)O. The molecule has 13 heavy (non-hydrogen) atoms. The van der Waals surface area contributed by atoms with E-state index < -0.39 is 12.1 Å². The van der Waals surface area contributed by atoms with E-state index in [1.54, 1.807) is 25.6 Å². The molecule has 0 saturated carbocycles. The van der Waals surface area contributed by atoms with Crippen molar-refractivity contribution in [3.8, 4) is 0 Å². The Morgan fingerprint density at radius 3 is 2.38 bits per heavy atom. The molecule has 1 aromatic heterocycles. The molecular weight excluding hydrogens is 172 g/mol. The van der Waals surface area contributed by atoms with Gasteiger partial charge in [0.15, 0.2) is 6.10 Å². The number of carboxylic acid groups (broad SMARTS) is 1. The number of aromatic nitrogens is 2. The van der Waals surface area contributed by atoms with Crippen LogP contribution >= 0.6 is 0 Å². The highest BCUT2D eigenvalue weighted by Gasteiger charge is 2.23. The molecule has 1 aromatic rings. The molecule has 1 unspecified atom stereocenters. The van der Waals surface area contributed by atoms with Crippen LogP contribution in [0.1, 0.15) is 23.1 Å². The summed E-state index contributed by atoms with van der Waals surface area (Å²) in [6.07, 6.45) is -1.48. The van der Waals surface area contributed by atoms with Crippen LogP contribution in [0.5, 0.6) is 0 Å². The van der Waals surface area contributed by atoms with E-state index >= 15 is 0 Å². The van der Waals surface area contributed by atoms with Gasteiger partial charge in [-0.25, -0.2) is 4.79 Å². The van der Waals surface area contributed by atoms with Crippen molar-refractivity contribution >= 4 is 5.97 Å². The zero-order valence-electron chi connectivity index (χ0n) is 7.77. The summed E-state index contributed by atoms with van der Waals surface area (Å²) in [5.74, 6) is -1.25. The molecule has 0 fully saturated rings. The summed E-state index contributed by atoms with van der Waals surface area (Å²) >= 11 is 0. The van der Waals surface area contributed by atoms with Crippen LogP contribution in [0.2, 0.25) is 0 Å². The highest BCUT2D eigenvalue weighted by Crippen LogP contribution is 2.20. The molecule has 2 N–H and O–H groups in total. The monoisotopic (exact) mass is 184 g/mol. The molecule has 0 amide bonds. The molecule has 72 valence electrons. The van der Waals surface area contributed by atoms with Crippen molar-refractivity contribution in [2.75, 3.05) is 0 Å². The van der Waals surface area contributed by atoms with Crippen molar-refractivity contribution in [2.45, 2.75) is 20.0 Å². The maximum atomic E-state index is 10.5. The van der Waals surface area contributed by atoms with E-state index in [1.807, 2.05) is 0 Å². The summed E-state index contributed by atoms with van der Waals surface area (Å²) in [5, 5.41) is 21.9. The van der Waals surface area contributed by atoms with Gasteiger partial charge in [-0.1, -0.05) is 0 Å². The van der Waals surface area contributed by atoms with E-state index in [0.29, 0.717) is 17.0 Å². The third kappa shape index (κ3) is 1.55. The molecule has 0 saturated heterocycles. The minimum atomic E-state index is -1.48. The molecule has 0 bridgehead atoms. The van der Waals surface area contributed by atoms with Crippen LogP contribution in [0.25, 0.3) is 0 Å². The summed E-state index contributed by atoms with van der Waals surface area (Å²) in [4.78, 5) is 10.5. The third-order valence-electron chi connectivity index (χ3n) is 2.07. The van der Waals surface area contributed by atoms with Crippen LogP contribution in [0.4, 0.5) is 0 Å². The van der Waals surface area contributed by atoms with Gasteiger partial charge in [-0.3, -0.25) is 4.68 Å². The first-order valence-corrected chi connectivity index (χ1v) is 3.86. The van der Waals surface area contributed by atoms with Crippen LogP contribution < -0.4 is 0 Å². The van der Waals surface area contributed by atoms with Gasteiger partial charge in [0.25, 0.3) is 0 Å². The predicted molar refractivity (Wildman–Crippen MR) is 45.3 cm³/mol. The Morgan fingerprint density at radius 1 is 1.54 bits per heavy atom. The zero-order chi connectivity index (χ0) is 10.2. The van der Waals surface area contributed by atoms with E-state index in [2.05, 4.69) is 5.10 Å². The summed E-state index contributed by atoms with van der Waals surface area (Å²) in [6.45, 7) is 3.40. The van der Waals surface area contributed by atoms with Crippen LogP contribution in [0.3, 0.4) is 0 Å². The Bertz CT molecular complexity index is 343. The van der Waals surface area contributed by atoms with Crippen molar-refractivity contribution < 1.29 is 15.0 Å². The molecule has 1 heterocycles. The Labute approximate surface area is 75.6 Å². The molecule has 0 aliphatic carbocycles. The number of aliphatic hydroxyl groups excluding tert-OH is 1. The molecule has 0 aliphatic heterocycles. The van der Waals surface area contributed by atoms with Crippen molar-refractivity contribution in [2.24, 2.45) is 7.05 Å². The summed E-state index contributed by atoms with van der Waals surface area (Å²) in [7, 11) is 1.71. The lowest BCUT2D eigenvalue weighted by Crippen LogP contribution is -2.12. The van der Waals surface area contributed by atoms with Gasteiger partial charge in [0, 0.05) is 18.3 Å². The number of aliphatic carboxylic acids is 1. The van der Waals surface area contributed by atoms with Gasteiger partial charge in [-0.15, -0.1) is 0 Å². The van der Waals surface area contributed by atoms with Gasteiger partial charge in [0.2, 0.25) is 0 Å². The van der Waals surface area contributed by atoms with Crippen LogP contribution in [0, 0.1) is 13.8 Å². The van der Waals surface area contributed by atoms with Crippen molar-refractivity contribution in [1.82, 2.24) is 9.78 Å². The number of hydrogen-bond donors (Lipinski definition) is 2. The molecule has 0 aliphatic rings. The quantitative estimate of drug-likeness (QED) is 0.686. The number of carbonyl (C=O) groups is 1. The lowest BCUT2D eigenvalue weighted by molar-refractivity contribution is -0.147. The normalized spacial score (nSPS) is 12.9. The molecular formula is C8H12N2O3. The van der Waals surface area contributed by atoms with E-state index in [4.69, 9.17) is 5.11 Å². The number of aryl methyl sites for hydroxylation is 2. The van der Waals surface area contributed by atoms with Gasteiger partial charge in [0.05, 0.1) is 5.69 Å². The van der Waals surface area contributed by atoms with E-state index in [-0.39, 0.29) is 0 Å². The fourth-order valence-electron chi connectivity index (χ4n) is 1.31. The van der Waals surface area contributed by atoms with Crippen LogP contribution in [-0.2, 0) is 11.8 Å². The van der Waals surface area contributed by atoms with Crippen LogP contribution in [0.15, 0.2) is 0 Å². The second-order valence-corrected chi connectivity index (χ2v) is 2.95. The average Bonchev–Trinajstić information content (AvgIpc) is 2.26. The third-order valence-corrected chi connectivity index (χ3v) is 2.07. The fourth-order valence-corrected chi connectivity index (χ4v) is 1.31. The largest absolute Gasteiger partial charge is 0.479 e.